The van der Waals surface area contributed by atoms with Crippen molar-refractivity contribution in [3.05, 3.63) is 69.5 Å². The van der Waals surface area contributed by atoms with Crippen LogP contribution in [-0.4, -0.2) is 24.7 Å². The number of hydrogen-bond acceptors (Lipinski definition) is 4. The summed E-state index contributed by atoms with van der Waals surface area (Å²) in [6, 6.07) is 10.9. The van der Waals surface area contributed by atoms with Crippen molar-refractivity contribution in [1.29, 1.82) is 0 Å². The molecular formula is C23H24N2O4. The van der Waals surface area contributed by atoms with Crippen LogP contribution in [0, 0.1) is 0 Å². The average Bonchev–Trinajstić information content (AvgIpc) is 2.75. The maximum atomic E-state index is 13.0. The van der Waals surface area contributed by atoms with E-state index in [4.69, 9.17) is 9.47 Å². The van der Waals surface area contributed by atoms with Crippen LogP contribution in [0.5, 0.6) is 11.5 Å². The zero-order valence-corrected chi connectivity index (χ0v) is 16.8. The molecule has 1 atom stereocenters. The Balaban J connectivity index is 1.66. The number of para-hydroxylation sites is 1. The molecule has 0 bridgehead atoms. The SMILES string of the molecule is COc1ccc([C@H](C)NC(=O)c2cn3c4c(cccc4c2=O)CCC3)cc1OC. The molecule has 1 amide bonds. The highest BCUT2D eigenvalue weighted by Crippen LogP contribution is 2.30. The van der Waals surface area contributed by atoms with Crippen LogP contribution in [0.3, 0.4) is 0 Å². The first kappa shape index (κ1) is 19.1. The van der Waals surface area contributed by atoms with Gasteiger partial charge < -0.3 is 19.4 Å². The summed E-state index contributed by atoms with van der Waals surface area (Å²) in [6.45, 7) is 2.68. The number of hydrogen-bond donors (Lipinski definition) is 1. The summed E-state index contributed by atoms with van der Waals surface area (Å²) in [5.41, 5.74) is 2.92. The molecule has 0 spiro atoms. The summed E-state index contributed by atoms with van der Waals surface area (Å²) < 4.78 is 12.6. The van der Waals surface area contributed by atoms with Crippen molar-refractivity contribution in [2.45, 2.75) is 32.4 Å². The Hall–Kier alpha value is -3.28. The van der Waals surface area contributed by atoms with E-state index in [9.17, 15) is 9.59 Å². The van der Waals surface area contributed by atoms with Gasteiger partial charge in [-0.3, -0.25) is 9.59 Å². The van der Waals surface area contributed by atoms with Gasteiger partial charge in [0.05, 0.1) is 25.8 Å². The van der Waals surface area contributed by atoms with Crippen molar-refractivity contribution in [3.63, 3.8) is 0 Å². The fourth-order valence-electron chi connectivity index (χ4n) is 4.00. The van der Waals surface area contributed by atoms with Gasteiger partial charge in [-0.2, -0.15) is 0 Å². The van der Waals surface area contributed by atoms with Crippen molar-refractivity contribution in [2.75, 3.05) is 14.2 Å². The Kier molecular flexibility index (Phi) is 5.01. The van der Waals surface area contributed by atoms with Gasteiger partial charge in [0.15, 0.2) is 11.5 Å². The topological polar surface area (TPSA) is 69.6 Å². The van der Waals surface area contributed by atoms with E-state index in [0.29, 0.717) is 16.9 Å². The van der Waals surface area contributed by atoms with Crippen LogP contribution in [0.15, 0.2) is 47.4 Å². The number of carbonyl (C=O) groups is 1. The molecule has 0 aliphatic carbocycles. The largest absolute Gasteiger partial charge is 0.493 e. The Bertz CT molecular complexity index is 1150. The van der Waals surface area contributed by atoms with Gasteiger partial charge in [-0.05, 0) is 49.1 Å². The molecule has 0 saturated heterocycles. The number of aromatic nitrogens is 1. The highest BCUT2D eigenvalue weighted by atomic mass is 16.5. The first-order valence-corrected chi connectivity index (χ1v) is 9.71. The van der Waals surface area contributed by atoms with Gasteiger partial charge in [-0.1, -0.05) is 18.2 Å². The minimum Gasteiger partial charge on any atom is -0.493 e. The third kappa shape index (κ3) is 3.35. The molecule has 1 aromatic heterocycles. The smallest absolute Gasteiger partial charge is 0.257 e. The van der Waals surface area contributed by atoms with Crippen LogP contribution in [0.25, 0.3) is 10.9 Å². The molecule has 29 heavy (non-hydrogen) atoms. The predicted octanol–water partition coefficient (Wildman–Crippen LogP) is 3.46. The van der Waals surface area contributed by atoms with Crippen molar-refractivity contribution < 1.29 is 14.3 Å². The molecule has 3 aromatic rings. The molecule has 0 unspecified atom stereocenters. The van der Waals surface area contributed by atoms with Crippen LogP contribution in [0.1, 0.15) is 40.9 Å². The van der Waals surface area contributed by atoms with Crippen LogP contribution in [-0.2, 0) is 13.0 Å². The van der Waals surface area contributed by atoms with Crippen molar-refractivity contribution in [1.82, 2.24) is 9.88 Å². The quantitative estimate of drug-likeness (QED) is 0.722. The molecule has 2 aromatic carbocycles. The molecule has 1 aliphatic rings. The molecule has 4 rings (SSSR count). The van der Waals surface area contributed by atoms with E-state index >= 15 is 0 Å². The molecule has 6 heteroatoms. The van der Waals surface area contributed by atoms with E-state index < -0.39 is 0 Å². The molecule has 6 nitrogen and oxygen atoms in total. The third-order valence-electron chi connectivity index (χ3n) is 5.53. The van der Waals surface area contributed by atoms with Crippen molar-refractivity contribution in [3.8, 4) is 11.5 Å². The van der Waals surface area contributed by atoms with Gasteiger partial charge in [0, 0.05) is 18.1 Å². The first-order valence-electron chi connectivity index (χ1n) is 9.71. The minimum absolute atomic E-state index is 0.170. The summed E-state index contributed by atoms with van der Waals surface area (Å²) in [4.78, 5) is 26.0. The van der Waals surface area contributed by atoms with Gasteiger partial charge >= 0.3 is 0 Å². The van der Waals surface area contributed by atoms with Gasteiger partial charge in [0.2, 0.25) is 5.43 Å². The molecular weight excluding hydrogens is 368 g/mol. The number of rotatable bonds is 5. The second kappa shape index (κ2) is 7.62. The van der Waals surface area contributed by atoms with Crippen LogP contribution in [0.4, 0.5) is 0 Å². The van der Waals surface area contributed by atoms with Crippen LogP contribution < -0.4 is 20.2 Å². The maximum absolute atomic E-state index is 13.0. The standard InChI is InChI=1S/C23H24N2O4/c1-14(16-9-10-19(28-2)20(12-16)29-3)24-23(27)18-13-25-11-5-7-15-6-4-8-17(21(15)25)22(18)26/h4,6,8-10,12-14H,5,7,11H2,1-3H3,(H,24,27)/t14-/m0/s1. The van der Waals surface area contributed by atoms with E-state index in [1.165, 1.54) is 0 Å². The first-order chi connectivity index (χ1) is 14.0. The average molecular weight is 392 g/mol. The molecule has 0 radical (unpaired) electrons. The van der Waals surface area contributed by atoms with Crippen LogP contribution in [0.2, 0.25) is 0 Å². The van der Waals surface area contributed by atoms with E-state index in [1.807, 2.05) is 29.7 Å². The fraction of sp³-hybridized carbons (Fsp3) is 0.304. The van der Waals surface area contributed by atoms with Gasteiger partial charge in [0.1, 0.15) is 5.56 Å². The summed E-state index contributed by atoms with van der Waals surface area (Å²) >= 11 is 0. The number of aryl methyl sites for hydroxylation is 2. The lowest BCUT2D eigenvalue weighted by Gasteiger charge is -2.21. The number of nitrogens with one attached hydrogen (secondary N) is 1. The van der Waals surface area contributed by atoms with Gasteiger partial charge in [0.25, 0.3) is 5.91 Å². The lowest BCUT2D eigenvalue weighted by molar-refractivity contribution is 0.0938. The highest BCUT2D eigenvalue weighted by molar-refractivity contribution is 5.98. The van der Waals surface area contributed by atoms with E-state index in [1.54, 1.807) is 32.5 Å². The molecule has 0 saturated carbocycles. The molecule has 1 aliphatic heterocycles. The summed E-state index contributed by atoms with van der Waals surface area (Å²) in [6.07, 6.45) is 3.65. The Morgan fingerprint density at radius 2 is 1.93 bits per heavy atom. The van der Waals surface area contributed by atoms with Crippen molar-refractivity contribution in [2.24, 2.45) is 0 Å². The Morgan fingerprint density at radius 3 is 2.69 bits per heavy atom. The lowest BCUT2D eigenvalue weighted by atomic mass is 9.99. The number of amides is 1. The Morgan fingerprint density at radius 1 is 1.14 bits per heavy atom. The number of benzene rings is 2. The fourth-order valence-corrected chi connectivity index (χ4v) is 4.00. The number of ether oxygens (including phenoxy) is 2. The normalized spacial score (nSPS) is 13.8. The molecule has 2 heterocycles. The van der Waals surface area contributed by atoms with Gasteiger partial charge in [-0.15, -0.1) is 0 Å². The summed E-state index contributed by atoms with van der Waals surface area (Å²) in [5, 5.41) is 3.55. The monoisotopic (exact) mass is 392 g/mol. The third-order valence-corrected chi connectivity index (χ3v) is 5.53. The second-order valence-corrected chi connectivity index (χ2v) is 7.29. The lowest BCUT2D eigenvalue weighted by Crippen LogP contribution is -2.32. The zero-order chi connectivity index (χ0) is 20.5. The minimum atomic E-state index is -0.376. The highest BCUT2D eigenvalue weighted by Gasteiger charge is 2.21. The summed E-state index contributed by atoms with van der Waals surface area (Å²) in [5.74, 6) is 0.838. The number of nitrogens with zero attached hydrogens (tertiary/aromatic N) is 1. The second-order valence-electron chi connectivity index (χ2n) is 7.29. The maximum Gasteiger partial charge on any atom is 0.257 e. The van der Waals surface area contributed by atoms with Gasteiger partial charge in [-0.25, -0.2) is 0 Å². The zero-order valence-electron chi connectivity index (χ0n) is 16.8. The van der Waals surface area contributed by atoms with Crippen LogP contribution >= 0.6 is 0 Å². The molecule has 0 fully saturated rings. The number of methoxy groups -OCH3 is 2. The van der Waals surface area contributed by atoms with Crippen molar-refractivity contribution >= 4 is 16.8 Å². The van der Waals surface area contributed by atoms with E-state index in [2.05, 4.69) is 11.4 Å². The van der Waals surface area contributed by atoms with E-state index in [0.717, 1.165) is 36.0 Å². The number of pyridine rings is 1. The Labute approximate surface area is 169 Å². The molecule has 150 valence electrons. The predicted molar refractivity (Wildman–Crippen MR) is 112 cm³/mol. The summed E-state index contributed by atoms with van der Waals surface area (Å²) in [7, 11) is 3.15. The van der Waals surface area contributed by atoms with E-state index in [-0.39, 0.29) is 22.9 Å². The number of carbonyl (C=O) groups excluding carboxylic acids is 1. The molecule has 1 N–H and O–H groups in total.